The lowest BCUT2D eigenvalue weighted by Gasteiger charge is -2.10. The molecule has 0 unspecified atom stereocenters. The van der Waals surface area contributed by atoms with Crippen molar-refractivity contribution >= 4 is 34.6 Å². The summed E-state index contributed by atoms with van der Waals surface area (Å²) in [4.78, 5) is 16.3. The lowest BCUT2D eigenvalue weighted by molar-refractivity contribution is -0.123. The topological polar surface area (TPSA) is 82.0 Å². The molecular formula is C20H18ClN3O4. The number of nitrogens with zero attached hydrogens (tertiary/aromatic N) is 2. The van der Waals surface area contributed by atoms with Gasteiger partial charge in [-0.2, -0.15) is 5.10 Å². The number of amides is 1. The van der Waals surface area contributed by atoms with Crippen LogP contribution in [0.4, 0.5) is 0 Å². The van der Waals surface area contributed by atoms with E-state index >= 15 is 0 Å². The maximum Gasteiger partial charge on any atom is 0.277 e. The summed E-state index contributed by atoms with van der Waals surface area (Å²) in [6.45, 7) is -0.195. The van der Waals surface area contributed by atoms with Crippen LogP contribution in [0.15, 0.2) is 53.8 Å². The molecule has 1 N–H and O–H groups in total. The number of hydrazone groups is 1. The van der Waals surface area contributed by atoms with E-state index in [2.05, 4.69) is 15.5 Å². The van der Waals surface area contributed by atoms with Crippen LogP contribution in [-0.2, 0) is 4.79 Å². The Morgan fingerprint density at radius 1 is 1.18 bits per heavy atom. The van der Waals surface area contributed by atoms with E-state index in [9.17, 15) is 4.79 Å². The molecule has 0 saturated heterocycles. The number of pyridine rings is 1. The van der Waals surface area contributed by atoms with Crippen molar-refractivity contribution in [3.05, 3.63) is 59.2 Å². The molecule has 8 heteroatoms. The number of aromatic nitrogens is 1. The second-order valence-electron chi connectivity index (χ2n) is 5.65. The fraction of sp³-hybridized carbons (Fsp3) is 0.150. The second kappa shape index (κ2) is 9.05. The normalized spacial score (nSPS) is 10.8. The molecule has 0 spiro atoms. The SMILES string of the molecule is COc1cc(/C=N/NC(=O)COc2cccc3cccnc23)cc(Cl)c1OC. The molecule has 0 radical (unpaired) electrons. The number of nitrogens with one attached hydrogen (secondary N) is 1. The molecule has 0 atom stereocenters. The van der Waals surface area contributed by atoms with E-state index in [4.69, 9.17) is 25.8 Å². The van der Waals surface area contributed by atoms with Crippen molar-refractivity contribution in [2.24, 2.45) is 5.10 Å². The predicted octanol–water partition coefficient (Wildman–Crippen LogP) is 3.43. The first kappa shape index (κ1) is 19.4. The van der Waals surface area contributed by atoms with E-state index in [0.717, 1.165) is 5.39 Å². The Kier molecular flexibility index (Phi) is 6.29. The van der Waals surface area contributed by atoms with Gasteiger partial charge in [-0.1, -0.05) is 29.8 Å². The van der Waals surface area contributed by atoms with E-state index in [-0.39, 0.29) is 6.61 Å². The van der Waals surface area contributed by atoms with Crippen LogP contribution in [0, 0.1) is 0 Å². The number of fused-ring (bicyclic) bond motifs is 1. The third-order valence-corrected chi connectivity index (χ3v) is 4.09. The minimum Gasteiger partial charge on any atom is -0.493 e. The van der Waals surface area contributed by atoms with Gasteiger partial charge in [0.15, 0.2) is 18.1 Å². The molecule has 0 aliphatic carbocycles. The van der Waals surface area contributed by atoms with Crippen LogP contribution in [0.2, 0.25) is 5.02 Å². The molecule has 0 bridgehead atoms. The summed E-state index contributed by atoms with van der Waals surface area (Å²) in [5, 5.41) is 5.22. The van der Waals surface area contributed by atoms with Crippen LogP contribution >= 0.6 is 11.6 Å². The Morgan fingerprint density at radius 2 is 2.00 bits per heavy atom. The summed E-state index contributed by atoms with van der Waals surface area (Å²) in [7, 11) is 3.01. The molecule has 3 rings (SSSR count). The summed E-state index contributed by atoms with van der Waals surface area (Å²) in [6, 6.07) is 12.6. The van der Waals surface area contributed by atoms with Crippen molar-refractivity contribution in [2.45, 2.75) is 0 Å². The molecule has 1 aromatic heterocycles. The average molecular weight is 400 g/mol. The highest BCUT2D eigenvalue weighted by Crippen LogP contribution is 2.35. The third-order valence-electron chi connectivity index (χ3n) is 3.81. The number of hydrogen-bond acceptors (Lipinski definition) is 6. The number of hydrogen-bond donors (Lipinski definition) is 1. The summed E-state index contributed by atoms with van der Waals surface area (Å²) in [6.07, 6.45) is 3.12. The van der Waals surface area contributed by atoms with Crippen molar-refractivity contribution in [3.63, 3.8) is 0 Å². The van der Waals surface area contributed by atoms with Gasteiger partial charge in [-0.3, -0.25) is 9.78 Å². The van der Waals surface area contributed by atoms with Gasteiger partial charge >= 0.3 is 0 Å². The second-order valence-corrected chi connectivity index (χ2v) is 6.06. The number of ether oxygens (including phenoxy) is 3. The summed E-state index contributed by atoms with van der Waals surface area (Å²) >= 11 is 6.14. The number of carbonyl (C=O) groups excluding carboxylic acids is 1. The zero-order valence-corrected chi connectivity index (χ0v) is 16.1. The Labute approximate surface area is 166 Å². The molecule has 0 saturated carbocycles. The first-order chi connectivity index (χ1) is 13.6. The largest absolute Gasteiger partial charge is 0.493 e. The van der Waals surface area contributed by atoms with Crippen LogP contribution < -0.4 is 19.6 Å². The molecule has 0 aliphatic heterocycles. The van der Waals surface area contributed by atoms with E-state index in [1.54, 1.807) is 24.4 Å². The molecule has 0 aliphatic rings. The van der Waals surface area contributed by atoms with Crippen molar-refractivity contribution in [1.29, 1.82) is 0 Å². The first-order valence-electron chi connectivity index (χ1n) is 8.32. The zero-order valence-electron chi connectivity index (χ0n) is 15.3. The molecule has 28 heavy (non-hydrogen) atoms. The summed E-state index contributed by atoms with van der Waals surface area (Å²) in [5.41, 5.74) is 3.74. The fourth-order valence-electron chi connectivity index (χ4n) is 2.56. The molecule has 0 fully saturated rings. The van der Waals surface area contributed by atoms with Gasteiger partial charge in [-0.15, -0.1) is 0 Å². The summed E-state index contributed by atoms with van der Waals surface area (Å²) in [5.74, 6) is 1.02. The van der Waals surface area contributed by atoms with Crippen molar-refractivity contribution in [3.8, 4) is 17.2 Å². The van der Waals surface area contributed by atoms with Gasteiger partial charge in [0.25, 0.3) is 5.91 Å². The number of para-hydroxylation sites is 1. The van der Waals surface area contributed by atoms with Gasteiger partial charge in [0.05, 0.1) is 25.5 Å². The molecular weight excluding hydrogens is 382 g/mol. The highest BCUT2D eigenvalue weighted by atomic mass is 35.5. The van der Waals surface area contributed by atoms with Crippen LogP contribution in [0.5, 0.6) is 17.2 Å². The minimum absolute atomic E-state index is 0.195. The van der Waals surface area contributed by atoms with Crippen molar-refractivity contribution in [2.75, 3.05) is 20.8 Å². The molecule has 1 amide bonds. The molecule has 3 aromatic rings. The van der Waals surface area contributed by atoms with Gasteiger partial charge in [0, 0.05) is 11.6 Å². The van der Waals surface area contributed by atoms with E-state index < -0.39 is 5.91 Å². The molecule has 144 valence electrons. The van der Waals surface area contributed by atoms with Crippen molar-refractivity contribution in [1.82, 2.24) is 10.4 Å². The van der Waals surface area contributed by atoms with Gasteiger partial charge in [0.2, 0.25) is 0 Å². The monoisotopic (exact) mass is 399 g/mol. The number of halogens is 1. The third kappa shape index (κ3) is 4.50. The first-order valence-corrected chi connectivity index (χ1v) is 8.70. The quantitative estimate of drug-likeness (QED) is 0.486. The van der Waals surface area contributed by atoms with Gasteiger partial charge in [0.1, 0.15) is 11.3 Å². The Bertz CT molecular complexity index is 1020. The number of benzene rings is 2. The Hall–Kier alpha value is -3.32. The van der Waals surface area contributed by atoms with E-state index in [1.165, 1.54) is 20.4 Å². The lowest BCUT2D eigenvalue weighted by atomic mass is 10.2. The number of carbonyl (C=O) groups is 1. The maximum absolute atomic E-state index is 12.0. The highest BCUT2D eigenvalue weighted by molar-refractivity contribution is 6.32. The van der Waals surface area contributed by atoms with Crippen molar-refractivity contribution < 1.29 is 19.0 Å². The lowest BCUT2D eigenvalue weighted by Crippen LogP contribution is -2.24. The Balaban J connectivity index is 1.60. The van der Waals surface area contributed by atoms with Crippen LogP contribution in [0.3, 0.4) is 0 Å². The fourth-order valence-corrected chi connectivity index (χ4v) is 2.86. The van der Waals surface area contributed by atoms with Crippen LogP contribution in [-0.4, -0.2) is 37.9 Å². The van der Waals surface area contributed by atoms with Gasteiger partial charge < -0.3 is 14.2 Å². The van der Waals surface area contributed by atoms with E-state index in [1.807, 2.05) is 24.3 Å². The molecule has 2 aromatic carbocycles. The smallest absolute Gasteiger partial charge is 0.277 e. The molecule has 1 heterocycles. The standard InChI is InChI=1S/C20H18ClN3O4/c1-26-17-10-13(9-15(21)20(17)27-2)11-23-24-18(25)12-28-16-7-3-5-14-6-4-8-22-19(14)16/h3-11H,12H2,1-2H3,(H,24,25)/b23-11+. The number of rotatable bonds is 7. The number of methoxy groups -OCH3 is 2. The van der Waals surface area contributed by atoms with Crippen LogP contribution in [0.25, 0.3) is 10.9 Å². The molecule has 7 nitrogen and oxygen atoms in total. The predicted molar refractivity (Wildman–Crippen MR) is 108 cm³/mol. The van der Waals surface area contributed by atoms with E-state index in [0.29, 0.717) is 33.4 Å². The Morgan fingerprint density at radius 3 is 2.79 bits per heavy atom. The van der Waals surface area contributed by atoms with Crippen LogP contribution in [0.1, 0.15) is 5.56 Å². The van der Waals surface area contributed by atoms with Gasteiger partial charge in [-0.25, -0.2) is 5.43 Å². The zero-order chi connectivity index (χ0) is 19.9. The summed E-state index contributed by atoms with van der Waals surface area (Å²) < 4.78 is 16.0. The average Bonchev–Trinajstić information content (AvgIpc) is 2.71. The van der Waals surface area contributed by atoms with Gasteiger partial charge in [-0.05, 0) is 29.8 Å². The maximum atomic E-state index is 12.0. The minimum atomic E-state index is -0.407. The highest BCUT2D eigenvalue weighted by Gasteiger charge is 2.10.